The Morgan fingerprint density at radius 2 is 1.70 bits per heavy atom. The van der Waals surface area contributed by atoms with Crippen LogP contribution in [0.25, 0.3) is 22.0 Å². The Kier molecular flexibility index (Phi) is 11.8. The number of ketones is 1. The van der Waals surface area contributed by atoms with Gasteiger partial charge in [0.15, 0.2) is 0 Å². The molecule has 284 valence electrons. The lowest BCUT2D eigenvalue weighted by atomic mass is 9.77. The van der Waals surface area contributed by atoms with E-state index in [4.69, 9.17) is 4.74 Å². The smallest absolute Gasteiger partial charge is 0.407 e. The predicted molar refractivity (Wildman–Crippen MR) is 207 cm³/mol. The van der Waals surface area contributed by atoms with Gasteiger partial charge in [-0.05, 0) is 125 Å². The molecule has 6 rings (SSSR count). The van der Waals surface area contributed by atoms with Gasteiger partial charge in [-0.25, -0.2) is 4.79 Å². The average molecular weight is 735 g/mol. The molecule has 0 radical (unpaired) electrons. The maximum Gasteiger partial charge on any atom is 0.407 e. The molecule has 1 saturated heterocycles. The molecule has 0 bridgehead atoms. The molecule has 1 aromatic heterocycles. The van der Waals surface area contributed by atoms with Gasteiger partial charge in [-0.1, -0.05) is 30.3 Å². The first-order chi connectivity index (χ1) is 25.8. The van der Waals surface area contributed by atoms with E-state index in [2.05, 4.69) is 31.5 Å². The largest absolute Gasteiger partial charge is 0.444 e. The van der Waals surface area contributed by atoms with Crippen LogP contribution in [0.5, 0.6) is 0 Å². The highest BCUT2D eigenvalue weighted by molar-refractivity contribution is 5.99. The molecule has 4 amide bonds. The van der Waals surface area contributed by atoms with E-state index in [9.17, 15) is 24.0 Å². The van der Waals surface area contributed by atoms with Gasteiger partial charge in [0.2, 0.25) is 11.8 Å². The van der Waals surface area contributed by atoms with Gasteiger partial charge in [0.05, 0.1) is 11.7 Å². The van der Waals surface area contributed by atoms with Gasteiger partial charge >= 0.3 is 6.09 Å². The number of amides is 4. The molecular weight excluding hydrogens is 684 g/mol. The monoisotopic (exact) mass is 734 g/mol. The second kappa shape index (κ2) is 16.7. The number of benzene rings is 3. The van der Waals surface area contributed by atoms with E-state index in [1.807, 2.05) is 82.3 Å². The van der Waals surface area contributed by atoms with Crippen molar-refractivity contribution >= 4 is 46.2 Å². The van der Waals surface area contributed by atoms with E-state index in [1.165, 1.54) is 0 Å². The normalized spacial score (nSPS) is 19.1. The average Bonchev–Trinajstić information content (AvgIpc) is 3.78. The van der Waals surface area contributed by atoms with E-state index >= 15 is 0 Å². The number of alkyl carbamates (subject to hydrolysis) is 1. The summed E-state index contributed by atoms with van der Waals surface area (Å²) in [6.07, 6.45) is 5.43. The van der Waals surface area contributed by atoms with Crippen LogP contribution in [0.2, 0.25) is 0 Å². The van der Waals surface area contributed by atoms with Crippen LogP contribution in [0, 0.1) is 24.7 Å². The molecule has 12 heteroatoms. The van der Waals surface area contributed by atoms with Crippen molar-refractivity contribution in [1.29, 1.82) is 0 Å². The number of H-pyrrole nitrogens is 1. The molecule has 3 aromatic carbocycles. The van der Waals surface area contributed by atoms with Crippen LogP contribution in [-0.2, 0) is 25.5 Å². The number of carbonyl (C=O) groups excluding carboxylic acids is 5. The Morgan fingerprint density at radius 1 is 0.944 bits per heavy atom. The first-order valence-corrected chi connectivity index (χ1v) is 18.8. The van der Waals surface area contributed by atoms with Crippen molar-refractivity contribution in [3.05, 3.63) is 83.6 Å². The van der Waals surface area contributed by atoms with Crippen LogP contribution in [-0.4, -0.2) is 64.5 Å². The minimum atomic E-state index is -0.589. The van der Waals surface area contributed by atoms with Gasteiger partial charge in [0.1, 0.15) is 17.4 Å². The second-order valence-corrected chi connectivity index (χ2v) is 15.7. The number of aryl methyl sites for hydroxylation is 1. The molecule has 12 nitrogen and oxygen atoms in total. The molecule has 2 aliphatic rings. The molecule has 2 atom stereocenters. The van der Waals surface area contributed by atoms with Crippen LogP contribution >= 0.6 is 0 Å². The van der Waals surface area contributed by atoms with Gasteiger partial charge in [-0.15, -0.1) is 0 Å². The number of nitrogens with zero attached hydrogens (tertiary/aromatic N) is 1. The standard InChI is InChI=1S/C42H50N6O6/c1-25-19-30(38(50)47-35-17-18-43-40(35)52)14-16-34(25)28-9-5-26(6-10-28)20-32(39(51)46-33-15-13-31-24-45-48-36(31)22-33)21-37(49)29-11-7-27(8-12-29)23-44-41(53)54-42(2,3)4/h5-6,9-10,13-16,19,22,24,27,29,32,35H,7-8,11-12,17-18,20-21,23H2,1-4H3,(H,43,52)(H,44,53)(H,45,48)(H,46,51)(H,47,50)/t27?,29?,32-,35-/m1/s1. The highest BCUT2D eigenvalue weighted by Gasteiger charge is 2.31. The van der Waals surface area contributed by atoms with E-state index in [1.54, 1.807) is 12.3 Å². The van der Waals surface area contributed by atoms with Crippen molar-refractivity contribution in [2.45, 2.75) is 84.3 Å². The fourth-order valence-corrected chi connectivity index (χ4v) is 7.36. The van der Waals surface area contributed by atoms with E-state index in [0.29, 0.717) is 37.2 Å². The Bertz CT molecular complexity index is 2010. The molecular formula is C42H50N6O6. The van der Waals surface area contributed by atoms with Crippen molar-refractivity contribution in [3.63, 3.8) is 0 Å². The number of carbonyl (C=O) groups is 5. The molecule has 1 saturated carbocycles. The second-order valence-electron chi connectivity index (χ2n) is 15.7. The summed E-state index contributed by atoms with van der Waals surface area (Å²) in [4.78, 5) is 64.5. The maximum atomic E-state index is 13.9. The van der Waals surface area contributed by atoms with Gasteiger partial charge < -0.3 is 26.0 Å². The third kappa shape index (κ3) is 9.91. The quantitative estimate of drug-likeness (QED) is 0.115. The number of ether oxygens (including phenoxy) is 1. The zero-order chi connectivity index (χ0) is 38.4. The number of rotatable bonds is 12. The molecule has 0 spiro atoms. The van der Waals surface area contributed by atoms with Crippen molar-refractivity contribution in [1.82, 2.24) is 26.1 Å². The molecule has 1 aliphatic carbocycles. The van der Waals surface area contributed by atoms with Crippen LogP contribution in [0.3, 0.4) is 0 Å². The Balaban J connectivity index is 1.10. The summed E-state index contributed by atoms with van der Waals surface area (Å²) in [5.74, 6) is -1.03. The lowest BCUT2D eigenvalue weighted by Gasteiger charge is -2.29. The highest BCUT2D eigenvalue weighted by Crippen LogP contribution is 2.32. The molecule has 5 N–H and O–H groups in total. The number of nitrogens with one attached hydrogen (secondary N) is 5. The minimum Gasteiger partial charge on any atom is -0.444 e. The van der Waals surface area contributed by atoms with Crippen LogP contribution in [0.15, 0.2) is 66.9 Å². The van der Waals surface area contributed by atoms with Crippen LogP contribution in [0.1, 0.15) is 80.8 Å². The first kappa shape index (κ1) is 38.2. The molecule has 4 aromatic rings. The number of Topliss-reactive ketones (excluding diaryl/α,β-unsaturated/α-hetero) is 1. The molecule has 2 heterocycles. The van der Waals surface area contributed by atoms with Gasteiger partial charge in [0.25, 0.3) is 5.91 Å². The molecule has 54 heavy (non-hydrogen) atoms. The maximum absolute atomic E-state index is 13.9. The van der Waals surface area contributed by atoms with Gasteiger partial charge in [-0.3, -0.25) is 24.3 Å². The van der Waals surface area contributed by atoms with Gasteiger partial charge in [0, 0.05) is 48.0 Å². The van der Waals surface area contributed by atoms with E-state index in [-0.39, 0.29) is 41.8 Å². The van der Waals surface area contributed by atoms with Crippen molar-refractivity contribution in [3.8, 4) is 11.1 Å². The minimum absolute atomic E-state index is 0.0858. The van der Waals surface area contributed by atoms with Crippen LogP contribution in [0.4, 0.5) is 10.5 Å². The summed E-state index contributed by atoms with van der Waals surface area (Å²) in [6, 6.07) is 18.5. The third-order valence-corrected chi connectivity index (χ3v) is 10.4. The first-order valence-electron chi connectivity index (χ1n) is 18.8. The summed E-state index contributed by atoms with van der Waals surface area (Å²) >= 11 is 0. The number of anilines is 1. The number of aromatic amines is 1. The number of fused-ring (bicyclic) bond motifs is 1. The molecule has 2 fully saturated rings. The van der Waals surface area contributed by atoms with Crippen molar-refractivity contribution < 1.29 is 28.7 Å². The lowest BCUT2D eigenvalue weighted by Crippen LogP contribution is -2.40. The fraction of sp³-hybridized carbons (Fsp3) is 0.429. The van der Waals surface area contributed by atoms with Crippen LogP contribution < -0.4 is 21.3 Å². The third-order valence-electron chi connectivity index (χ3n) is 10.4. The summed E-state index contributed by atoms with van der Waals surface area (Å²) in [5.41, 5.74) is 5.13. The molecule has 0 unspecified atom stereocenters. The zero-order valence-corrected chi connectivity index (χ0v) is 31.4. The van der Waals surface area contributed by atoms with E-state index in [0.717, 1.165) is 58.8 Å². The highest BCUT2D eigenvalue weighted by atomic mass is 16.6. The Hall–Kier alpha value is -5.52. The number of hydrogen-bond acceptors (Lipinski definition) is 7. The predicted octanol–water partition coefficient (Wildman–Crippen LogP) is 6.24. The lowest BCUT2D eigenvalue weighted by molar-refractivity contribution is -0.129. The number of aromatic nitrogens is 2. The van der Waals surface area contributed by atoms with Crippen molar-refractivity contribution in [2.75, 3.05) is 18.4 Å². The van der Waals surface area contributed by atoms with Crippen molar-refractivity contribution in [2.24, 2.45) is 17.8 Å². The molecule has 1 aliphatic heterocycles. The summed E-state index contributed by atoms with van der Waals surface area (Å²) < 4.78 is 5.36. The summed E-state index contributed by atoms with van der Waals surface area (Å²) in [7, 11) is 0. The SMILES string of the molecule is Cc1cc(C(=O)N[C@@H]2CCNC2=O)ccc1-c1ccc(C[C@H](CC(=O)C2CCC(CNC(=O)OC(C)(C)C)CC2)C(=O)Nc2ccc3cn[nH]c3c2)cc1. The van der Waals surface area contributed by atoms with E-state index < -0.39 is 23.7 Å². The summed E-state index contributed by atoms with van der Waals surface area (Å²) in [5, 5.41) is 19.4. The topological polar surface area (TPSA) is 171 Å². The zero-order valence-electron chi connectivity index (χ0n) is 31.4. The summed E-state index contributed by atoms with van der Waals surface area (Å²) in [6.45, 7) is 8.50. The Morgan fingerprint density at radius 3 is 2.39 bits per heavy atom. The Labute approximate surface area is 315 Å². The van der Waals surface area contributed by atoms with Gasteiger partial charge in [-0.2, -0.15) is 5.10 Å². The fourth-order valence-electron chi connectivity index (χ4n) is 7.36. The number of hydrogen-bond donors (Lipinski definition) is 5.